The predicted molar refractivity (Wildman–Crippen MR) is 132 cm³/mol. The number of carbonyl (C=O) groups is 2. The molecule has 5 nitrogen and oxygen atoms in total. The van der Waals surface area contributed by atoms with E-state index in [-0.39, 0.29) is 10.6 Å². The summed E-state index contributed by atoms with van der Waals surface area (Å²) in [7, 11) is 0. The van der Waals surface area contributed by atoms with Crippen molar-refractivity contribution in [3.05, 3.63) is 85.9 Å². The third-order valence-electron chi connectivity index (χ3n) is 5.48. The highest BCUT2D eigenvalue weighted by atomic mass is 35.5. The molecule has 1 aliphatic carbocycles. The van der Waals surface area contributed by atoms with Crippen molar-refractivity contribution in [1.82, 2.24) is 5.32 Å². The minimum absolute atomic E-state index is 0.207. The van der Waals surface area contributed by atoms with Gasteiger partial charge in [-0.1, -0.05) is 46.9 Å². The molecule has 33 heavy (non-hydrogen) atoms. The van der Waals surface area contributed by atoms with E-state index in [1.807, 2.05) is 19.1 Å². The second-order valence-corrected chi connectivity index (χ2v) is 9.03. The van der Waals surface area contributed by atoms with Gasteiger partial charge in [-0.05, 0) is 85.7 Å². The van der Waals surface area contributed by atoms with Crippen LogP contribution in [0.15, 0.2) is 48.5 Å². The van der Waals surface area contributed by atoms with Crippen LogP contribution in [0.25, 0.3) is 0 Å². The number of rotatable bonds is 4. The number of carbonyl (C=O) groups excluding carboxylic acids is 2. The zero-order chi connectivity index (χ0) is 23.5. The van der Waals surface area contributed by atoms with E-state index in [1.54, 1.807) is 30.3 Å². The first kappa shape index (κ1) is 23.4. The van der Waals surface area contributed by atoms with Crippen LogP contribution in [0.5, 0.6) is 11.5 Å². The fourth-order valence-corrected chi connectivity index (χ4v) is 4.71. The zero-order valence-electron chi connectivity index (χ0n) is 17.8. The molecular weight excluding hydrogens is 483 g/mol. The van der Waals surface area contributed by atoms with E-state index < -0.39 is 11.9 Å². The van der Waals surface area contributed by atoms with Gasteiger partial charge in [0.1, 0.15) is 11.5 Å². The lowest BCUT2D eigenvalue weighted by molar-refractivity contribution is 0.0967. The summed E-state index contributed by atoms with van der Waals surface area (Å²) in [5.74, 6) is 0.640. The van der Waals surface area contributed by atoms with Crippen molar-refractivity contribution >= 4 is 52.4 Å². The molecule has 0 aliphatic heterocycles. The van der Waals surface area contributed by atoms with Crippen LogP contribution in [0.2, 0.25) is 15.1 Å². The van der Waals surface area contributed by atoms with E-state index in [0.717, 1.165) is 53.1 Å². The number of aryl methyl sites for hydroxylation is 1. The number of urea groups is 1. The molecule has 3 aromatic carbocycles. The van der Waals surface area contributed by atoms with Crippen molar-refractivity contribution in [2.75, 3.05) is 5.32 Å². The Kier molecular flexibility index (Phi) is 7.13. The first-order valence-corrected chi connectivity index (χ1v) is 11.6. The number of nitrogens with one attached hydrogen (secondary N) is 2. The van der Waals surface area contributed by atoms with Crippen LogP contribution in [0.1, 0.15) is 39.9 Å². The molecule has 2 N–H and O–H groups in total. The fraction of sp³-hybridized carbons (Fsp3) is 0.200. The summed E-state index contributed by atoms with van der Waals surface area (Å²) in [6.07, 6.45) is 4.03. The molecule has 0 atom stereocenters. The number of imide groups is 1. The molecule has 0 unspecified atom stereocenters. The predicted octanol–water partition coefficient (Wildman–Crippen LogP) is 7.59. The van der Waals surface area contributed by atoms with E-state index in [2.05, 4.69) is 10.6 Å². The molecule has 0 bridgehead atoms. The number of fused-ring (bicyclic) bond motifs is 1. The first-order valence-electron chi connectivity index (χ1n) is 10.5. The normalized spacial score (nSPS) is 12.6. The Morgan fingerprint density at radius 2 is 1.61 bits per heavy atom. The van der Waals surface area contributed by atoms with E-state index in [0.29, 0.717) is 16.5 Å². The highest BCUT2D eigenvalue weighted by molar-refractivity contribution is 6.34. The molecule has 8 heteroatoms. The lowest BCUT2D eigenvalue weighted by Gasteiger charge is -2.22. The molecule has 0 spiro atoms. The SMILES string of the molecule is Cc1cc(NC(=O)NC(=O)c2ccccc2Cl)cc(Cl)c1Oc1ccc(Cl)c2c1CCCC2. The van der Waals surface area contributed by atoms with Crippen LogP contribution in [0, 0.1) is 6.92 Å². The minimum Gasteiger partial charge on any atom is -0.455 e. The van der Waals surface area contributed by atoms with Crippen molar-refractivity contribution in [2.24, 2.45) is 0 Å². The molecular formula is C25H21Cl3N2O3. The maximum atomic E-state index is 12.3. The fourth-order valence-electron chi connectivity index (χ4n) is 3.91. The number of ether oxygens (including phenoxy) is 1. The van der Waals surface area contributed by atoms with Gasteiger partial charge >= 0.3 is 6.03 Å². The van der Waals surface area contributed by atoms with Crippen molar-refractivity contribution in [2.45, 2.75) is 32.6 Å². The lowest BCUT2D eigenvalue weighted by atomic mass is 9.91. The van der Waals surface area contributed by atoms with E-state index in [4.69, 9.17) is 39.5 Å². The Balaban J connectivity index is 1.49. The van der Waals surface area contributed by atoms with Gasteiger partial charge < -0.3 is 10.1 Å². The monoisotopic (exact) mass is 502 g/mol. The molecule has 0 aromatic heterocycles. The number of hydrogen-bond donors (Lipinski definition) is 2. The van der Waals surface area contributed by atoms with Crippen LogP contribution in [-0.4, -0.2) is 11.9 Å². The maximum Gasteiger partial charge on any atom is 0.326 e. The van der Waals surface area contributed by atoms with Gasteiger partial charge in [0.05, 0.1) is 15.6 Å². The van der Waals surface area contributed by atoms with Gasteiger partial charge in [0.15, 0.2) is 0 Å². The lowest BCUT2D eigenvalue weighted by Crippen LogP contribution is -2.34. The third kappa shape index (κ3) is 5.27. The average Bonchev–Trinajstić information content (AvgIpc) is 2.78. The standard InChI is InChI=1S/C25H21Cl3N2O3/c1-14-12-15(29-25(32)30-24(31)18-8-4-5-9-19(18)26)13-21(28)23(14)33-22-11-10-20(27)16-6-2-3-7-17(16)22/h4-5,8-13H,2-3,6-7H2,1H3,(H2,29,30,31,32). The van der Waals surface area contributed by atoms with Gasteiger partial charge in [-0.15, -0.1) is 0 Å². The van der Waals surface area contributed by atoms with Crippen LogP contribution in [0.4, 0.5) is 10.5 Å². The van der Waals surface area contributed by atoms with Gasteiger partial charge in [-0.2, -0.15) is 0 Å². The van der Waals surface area contributed by atoms with Gasteiger partial charge in [0, 0.05) is 10.7 Å². The summed E-state index contributed by atoms with van der Waals surface area (Å²) >= 11 is 18.9. The molecule has 0 fully saturated rings. The van der Waals surface area contributed by atoms with Crippen molar-refractivity contribution in [3.8, 4) is 11.5 Å². The summed E-state index contributed by atoms with van der Waals surface area (Å²) in [5, 5.41) is 6.23. The highest BCUT2D eigenvalue weighted by Gasteiger charge is 2.20. The van der Waals surface area contributed by atoms with Gasteiger partial charge in [-0.3, -0.25) is 10.1 Å². The Hall–Kier alpha value is -2.73. The number of halogens is 3. The number of hydrogen-bond acceptors (Lipinski definition) is 3. The molecule has 3 amide bonds. The second kappa shape index (κ2) is 10.0. The molecule has 4 rings (SSSR count). The molecule has 1 aliphatic rings. The zero-order valence-corrected chi connectivity index (χ0v) is 20.1. The van der Waals surface area contributed by atoms with Gasteiger partial charge in [0.2, 0.25) is 0 Å². The average molecular weight is 504 g/mol. The quantitative estimate of drug-likeness (QED) is 0.385. The molecule has 0 saturated carbocycles. The smallest absolute Gasteiger partial charge is 0.326 e. The maximum absolute atomic E-state index is 12.3. The topological polar surface area (TPSA) is 67.4 Å². The summed E-state index contributed by atoms with van der Waals surface area (Å²) in [6, 6.07) is 12.8. The van der Waals surface area contributed by atoms with E-state index in [1.165, 1.54) is 6.07 Å². The number of amides is 3. The largest absolute Gasteiger partial charge is 0.455 e. The van der Waals surface area contributed by atoms with E-state index >= 15 is 0 Å². The molecule has 0 saturated heterocycles. The number of benzene rings is 3. The van der Waals surface area contributed by atoms with Gasteiger partial charge in [-0.25, -0.2) is 4.79 Å². The van der Waals surface area contributed by atoms with Crippen LogP contribution in [0.3, 0.4) is 0 Å². The van der Waals surface area contributed by atoms with Crippen LogP contribution in [-0.2, 0) is 12.8 Å². The molecule has 170 valence electrons. The Morgan fingerprint density at radius 1 is 0.879 bits per heavy atom. The van der Waals surface area contributed by atoms with E-state index in [9.17, 15) is 9.59 Å². The van der Waals surface area contributed by atoms with Gasteiger partial charge in [0.25, 0.3) is 5.91 Å². The molecule has 0 heterocycles. The Morgan fingerprint density at radius 3 is 2.33 bits per heavy atom. The molecule has 0 radical (unpaired) electrons. The van der Waals surface area contributed by atoms with Crippen molar-refractivity contribution in [3.63, 3.8) is 0 Å². The number of anilines is 1. The second-order valence-electron chi connectivity index (χ2n) is 7.80. The van der Waals surface area contributed by atoms with Crippen molar-refractivity contribution in [1.29, 1.82) is 0 Å². The summed E-state index contributed by atoms with van der Waals surface area (Å²) in [5.41, 5.74) is 3.61. The van der Waals surface area contributed by atoms with Crippen LogP contribution < -0.4 is 15.4 Å². The Labute approximate surface area is 207 Å². The third-order valence-corrected chi connectivity index (χ3v) is 6.44. The van der Waals surface area contributed by atoms with Crippen LogP contribution >= 0.6 is 34.8 Å². The highest BCUT2D eigenvalue weighted by Crippen LogP contribution is 2.40. The minimum atomic E-state index is -0.698. The summed E-state index contributed by atoms with van der Waals surface area (Å²) in [6.45, 7) is 1.83. The van der Waals surface area contributed by atoms with Crippen molar-refractivity contribution < 1.29 is 14.3 Å². The summed E-state index contributed by atoms with van der Waals surface area (Å²) < 4.78 is 6.20. The summed E-state index contributed by atoms with van der Waals surface area (Å²) in [4.78, 5) is 24.6. The first-order chi connectivity index (χ1) is 15.8. The Bertz CT molecular complexity index is 1220. The molecule has 3 aromatic rings.